The van der Waals surface area contributed by atoms with Crippen LogP contribution in [-0.2, 0) is 18.0 Å². The van der Waals surface area contributed by atoms with Crippen molar-refractivity contribution in [3.63, 3.8) is 0 Å². The summed E-state index contributed by atoms with van der Waals surface area (Å²) in [7, 11) is 2.23. The molecule has 0 saturated heterocycles. The van der Waals surface area contributed by atoms with Crippen LogP contribution in [0.3, 0.4) is 0 Å². The number of ether oxygens (including phenoxy) is 3. The molecule has 186 valence electrons. The first-order chi connectivity index (χ1) is 16.3. The Bertz CT molecular complexity index is 1400. The molecular weight excluding hydrogens is 560 g/mol. The van der Waals surface area contributed by atoms with Crippen molar-refractivity contribution in [3.8, 4) is 22.9 Å². The summed E-state index contributed by atoms with van der Waals surface area (Å²) in [4.78, 5) is 25.0. The molecule has 0 amide bonds. The van der Waals surface area contributed by atoms with Crippen molar-refractivity contribution in [1.82, 2.24) is 9.13 Å². The number of para-hydroxylation sites is 2. The highest BCUT2D eigenvalue weighted by molar-refractivity contribution is 9.10. The number of methoxy groups -OCH3 is 1. The predicted molar refractivity (Wildman–Crippen MR) is 126 cm³/mol. The van der Waals surface area contributed by atoms with Gasteiger partial charge in [0.25, 0.3) is 5.56 Å². The van der Waals surface area contributed by atoms with Crippen LogP contribution in [0.25, 0.3) is 5.69 Å². The van der Waals surface area contributed by atoms with Gasteiger partial charge in [0, 0.05) is 19.2 Å². The number of hydrogen-bond acceptors (Lipinski definition) is 6. The fourth-order valence-electron chi connectivity index (χ4n) is 3.04. The lowest BCUT2D eigenvalue weighted by molar-refractivity contribution is -0.144. The standard InChI is InChI=1S/C22H17BrF4N2O5S/c1-11(20(35)32-3)33-15-6-4-5-7-16(15)34-17-9-14(13(24)8-12(17)23)29-19(30)10-18(22(25,26)27)28(2)21(29)31/h4-11H,1-3H3/t11-/m0/s1. The maximum Gasteiger partial charge on any atom is 0.431 e. The maximum absolute atomic E-state index is 14.8. The van der Waals surface area contributed by atoms with Crippen molar-refractivity contribution >= 4 is 33.2 Å². The molecule has 0 fully saturated rings. The molecule has 0 N–H and O–H groups in total. The van der Waals surface area contributed by atoms with Gasteiger partial charge in [-0.3, -0.25) is 9.36 Å². The van der Waals surface area contributed by atoms with E-state index in [4.69, 9.17) is 26.4 Å². The highest BCUT2D eigenvalue weighted by atomic mass is 79.9. The molecule has 7 nitrogen and oxygen atoms in total. The molecule has 1 heterocycles. The van der Waals surface area contributed by atoms with Crippen molar-refractivity contribution in [1.29, 1.82) is 0 Å². The molecule has 0 spiro atoms. The normalized spacial score (nSPS) is 12.2. The Morgan fingerprint density at radius 1 is 1.09 bits per heavy atom. The van der Waals surface area contributed by atoms with E-state index in [2.05, 4.69) is 15.9 Å². The Kier molecular flexibility index (Phi) is 7.70. The molecule has 1 aromatic heterocycles. The fourth-order valence-corrected chi connectivity index (χ4v) is 3.49. The smallest absolute Gasteiger partial charge is 0.431 e. The van der Waals surface area contributed by atoms with Gasteiger partial charge in [0.2, 0.25) is 0 Å². The van der Waals surface area contributed by atoms with E-state index in [1.807, 2.05) is 0 Å². The van der Waals surface area contributed by atoms with Gasteiger partial charge in [-0.1, -0.05) is 12.1 Å². The molecule has 1 atom stereocenters. The first-order valence-corrected chi connectivity index (χ1v) is 11.0. The van der Waals surface area contributed by atoms with Crippen molar-refractivity contribution in [2.45, 2.75) is 19.2 Å². The van der Waals surface area contributed by atoms with Gasteiger partial charge in [0.1, 0.15) is 17.3 Å². The van der Waals surface area contributed by atoms with Gasteiger partial charge < -0.3 is 14.2 Å². The van der Waals surface area contributed by atoms with Crippen LogP contribution in [0.1, 0.15) is 12.6 Å². The molecule has 3 rings (SSSR count). The Morgan fingerprint density at radius 3 is 2.31 bits per heavy atom. The summed E-state index contributed by atoms with van der Waals surface area (Å²) in [6.07, 6.45) is -5.58. The molecule has 0 saturated carbocycles. The zero-order chi connectivity index (χ0) is 26.1. The van der Waals surface area contributed by atoms with E-state index in [1.165, 1.54) is 13.2 Å². The predicted octanol–water partition coefficient (Wildman–Crippen LogP) is 4.99. The zero-order valence-electron chi connectivity index (χ0n) is 18.4. The minimum Gasteiger partial charge on any atom is -0.487 e. The van der Waals surface area contributed by atoms with E-state index < -0.39 is 40.7 Å². The number of rotatable bonds is 6. The van der Waals surface area contributed by atoms with Crippen LogP contribution in [0, 0.1) is 5.82 Å². The molecule has 0 aliphatic rings. The Labute approximate surface area is 209 Å². The lowest BCUT2D eigenvalue weighted by Crippen LogP contribution is -2.41. The highest BCUT2D eigenvalue weighted by Gasteiger charge is 2.35. The number of thiocarbonyl (C=S) groups is 1. The molecule has 0 aliphatic carbocycles. The number of benzene rings is 2. The van der Waals surface area contributed by atoms with E-state index >= 15 is 0 Å². The minimum absolute atomic E-state index is 0.0479. The van der Waals surface area contributed by atoms with Crippen molar-refractivity contribution in [2.24, 2.45) is 7.05 Å². The fraction of sp³-hybridized carbons (Fsp3) is 0.227. The summed E-state index contributed by atoms with van der Waals surface area (Å²) in [5, 5.41) is 0.183. The van der Waals surface area contributed by atoms with Crippen LogP contribution in [0.15, 0.2) is 56.5 Å². The van der Waals surface area contributed by atoms with Crippen LogP contribution < -0.4 is 20.7 Å². The monoisotopic (exact) mass is 576 g/mol. The van der Waals surface area contributed by atoms with Gasteiger partial charge >= 0.3 is 11.9 Å². The van der Waals surface area contributed by atoms with Gasteiger partial charge in [-0.05, 0) is 53.3 Å². The second kappa shape index (κ2) is 10.2. The minimum atomic E-state index is -4.95. The number of nitrogens with zero attached hydrogens (tertiary/aromatic N) is 2. The molecule has 0 aliphatic heterocycles. The van der Waals surface area contributed by atoms with Gasteiger partial charge in [-0.2, -0.15) is 13.2 Å². The molecule has 13 heteroatoms. The molecule has 0 unspecified atom stereocenters. The molecular formula is C22H17BrF4N2O5S. The Balaban J connectivity index is 2.09. The first kappa shape index (κ1) is 26.4. The third-order valence-electron chi connectivity index (χ3n) is 4.76. The van der Waals surface area contributed by atoms with Gasteiger partial charge in [0.05, 0.1) is 17.3 Å². The number of aromatic nitrogens is 2. The largest absolute Gasteiger partial charge is 0.487 e. The van der Waals surface area contributed by atoms with E-state index in [0.29, 0.717) is 0 Å². The Morgan fingerprint density at radius 2 is 1.71 bits per heavy atom. The van der Waals surface area contributed by atoms with Crippen LogP contribution in [-0.4, -0.2) is 27.4 Å². The lowest BCUT2D eigenvalue weighted by Gasteiger charge is -2.18. The van der Waals surface area contributed by atoms with Crippen LogP contribution in [0.5, 0.6) is 17.2 Å². The average molecular weight is 577 g/mol. The number of halogens is 5. The summed E-state index contributed by atoms with van der Waals surface area (Å²) in [5.74, 6) is -0.677. The molecule has 35 heavy (non-hydrogen) atoms. The van der Waals surface area contributed by atoms with Crippen molar-refractivity contribution in [2.75, 3.05) is 7.11 Å². The van der Waals surface area contributed by atoms with Crippen molar-refractivity contribution in [3.05, 3.63) is 79.3 Å². The quantitative estimate of drug-likeness (QED) is 0.304. The van der Waals surface area contributed by atoms with Crippen LogP contribution >= 0.6 is 28.1 Å². The van der Waals surface area contributed by atoms with E-state index in [1.54, 1.807) is 25.1 Å². The summed E-state index contributed by atoms with van der Waals surface area (Å²) in [6, 6.07) is 8.56. The molecule has 3 aromatic rings. The molecule has 0 radical (unpaired) electrons. The zero-order valence-corrected chi connectivity index (χ0v) is 20.8. The van der Waals surface area contributed by atoms with Crippen LogP contribution in [0.2, 0.25) is 0 Å². The van der Waals surface area contributed by atoms with E-state index in [-0.39, 0.29) is 42.0 Å². The average Bonchev–Trinajstić information content (AvgIpc) is 2.78. The highest BCUT2D eigenvalue weighted by Crippen LogP contribution is 2.37. The summed E-state index contributed by atoms with van der Waals surface area (Å²) in [5.41, 5.74) is -4.82. The third kappa shape index (κ3) is 5.56. The second-order valence-corrected chi connectivity index (χ2v) is 8.37. The second-order valence-electron chi connectivity index (χ2n) is 7.11. The van der Waals surface area contributed by atoms with E-state index in [0.717, 1.165) is 19.2 Å². The SMILES string of the molecule is COC(=S)[C@H](C)Oc1ccccc1Oc1cc(-n2c(=O)cc(C(F)(F)F)n(C)c2=O)c(F)cc1Br. The van der Waals surface area contributed by atoms with Gasteiger partial charge in [-0.25, -0.2) is 13.8 Å². The van der Waals surface area contributed by atoms with Gasteiger partial charge in [0.15, 0.2) is 22.7 Å². The maximum atomic E-state index is 14.8. The third-order valence-corrected chi connectivity index (χ3v) is 5.88. The summed E-state index contributed by atoms with van der Waals surface area (Å²) < 4.78 is 71.4. The topological polar surface area (TPSA) is 71.7 Å². The Hall–Kier alpha value is -3.19. The number of hydrogen-bond donors (Lipinski definition) is 0. The number of alkyl halides is 3. The van der Waals surface area contributed by atoms with Crippen molar-refractivity contribution < 1.29 is 31.8 Å². The molecule has 2 aromatic carbocycles. The van der Waals surface area contributed by atoms with Crippen LogP contribution in [0.4, 0.5) is 17.6 Å². The lowest BCUT2D eigenvalue weighted by atomic mass is 10.2. The first-order valence-electron chi connectivity index (χ1n) is 9.76. The summed E-state index contributed by atoms with van der Waals surface area (Å²) >= 11 is 8.20. The van der Waals surface area contributed by atoms with Gasteiger partial charge in [-0.15, -0.1) is 0 Å². The molecule has 0 bridgehead atoms. The summed E-state index contributed by atoms with van der Waals surface area (Å²) in [6.45, 7) is 1.65. The van der Waals surface area contributed by atoms with E-state index in [9.17, 15) is 27.2 Å².